The van der Waals surface area contributed by atoms with Crippen LogP contribution < -0.4 is 5.32 Å². The van der Waals surface area contributed by atoms with Gasteiger partial charge in [-0.25, -0.2) is 4.79 Å². The molecular formula is C16H17NO3. The highest BCUT2D eigenvalue weighted by molar-refractivity contribution is 5.86. The average molecular weight is 271 g/mol. The van der Waals surface area contributed by atoms with E-state index in [4.69, 9.17) is 9.15 Å². The molecule has 0 aliphatic heterocycles. The summed E-state index contributed by atoms with van der Waals surface area (Å²) in [4.78, 5) is 11.4. The minimum Gasteiger partial charge on any atom is -0.465 e. The third-order valence-corrected chi connectivity index (χ3v) is 2.62. The summed E-state index contributed by atoms with van der Waals surface area (Å²) < 4.78 is 10.1. The number of carbonyl (C=O) groups excluding carboxylic acids is 1. The molecule has 2 aromatic rings. The first kappa shape index (κ1) is 14.1. The molecule has 0 saturated heterocycles. The molecule has 2 rings (SSSR count). The second kappa shape index (κ2) is 7.96. The summed E-state index contributed by atoms with van der Waals surface area (Å²) >= 11 is 0. The largest absolute Gasteiger partial charge is 0.465 e. The van der Waals surface area contributed by atoms with E-state index < -0.39 is 0 Å². The van der Waals surface area contributed by atoms with Crippen LogP contribution in [0.4, 0.5) is 0 Å². The molecule has 0 aliphatic carbocycles. The zero-order chi connectivity index (χ0) is 14.0. The van der Waals surface area contributed by atoms with Crippen molar-refractivity contribution < 1.29 is 13.9 Å². The van der Waals surface area contributed by atoms with Crippen LogP contribution in [-0.2, 0) is 16.1 Å². The van der Waals surface area contributed by atoms with Crippen molar-refractivity contribution in [3.63, 3.8) is 0 Å². The number of hydrogen-bond acceptors (Lipinski definition) is 4. The van der Waals surface area contributed by atoms with Gasteiger partial charge in [0.2, 0.25) is 0 Å². The van der Waals surface area contributed by atoms with Gasteiger partial charge in [-0.15, -0.1) is 0 Å². The van der Waals surface area contributed by atoms with Crippen LogP contribution in [0, 0.1) is 0 Å². The van der Waals surface area contributed by atoms with E-state index in [1.165, 1.54) is 11.6 Å². The number of rotatable bonds is 7. The molecule has 0 radical (unpaired) electrons. The van der Waals surface area contributed by atoms with E-state index in [1.807, 2.05) is 30.3 Å². The summed E-state index contributed by atoms with van der Waals surface area (Å²) in [6.45, 7) is 1.73. The minimum absolute atomic E-state index is 0.341. The van der Waals surface area contributed by atoms with Gasteiger partial charge < -0.3 is 14.5 Å². The van der Waals surface area contributed by atoms with Gasteiger partial charge in [0.1, 0.15) is 12.4 Å². The number of benzene rings is 1. The van der Waals surface area contributed by atoms with E-state index in [0.29, 0.717) is 18.9 Å². The summed E-state index contributed by atoms with van der Waals surface area (Å²) in [6.07, 6.45) is 4.49. The molecule has 4 heteroatoms. The zero-order valence-corrected chi connectivity index (χ0v) is 11.1. The van der Waals surface area contributed by atoms with Crippen molar-refractivity contribution in [1.29, 1.82) is 0 Å². The SMILES string of the molecule is O=C(/C=C/c1ccco1)OCCNCc1ccccc1. The predicted octanol–water partition coefficient (Wildman–Crippen LogP) is 2.63. The normalized spacial score (nSPS) is 10.8. The average Bonchev–Trinajstić information content (AvgIpc) is 2.99. The molecule has 0 aliphatic rings. The van der Waals surface area contributed by atoms with Gasteiger partial charge in [-0.3, -0.25) is 0 Å². The first-order chi connectivity index (χ1) is 9.84. The smallest absolute Gasteiger partial charge is 0.330 e. The van der Waals surface area contributed by atoms with Crippen LogP contribution in [0.3, 0.4) is 0 Å². The molecule has 0 saturated carbocycles. The molecule has 1 aromatic heterocycles. The Hall–Kier alpha value is -2.33. The summed E-state index contributed by atoms with van der Waals surface area (Å²) in [5.41, 5.74) is 1.21. The van der Waals surface area contributed by atoms with Gasteiger partial charge in [0.25, 0.3) is 0 Å². The van der Waals surface area contributed by atoms with Gasteiger partial charge in [0.15, 0.2) is 0 Å². The maximum absolute atomic E-state index is 11.4. The molecule has 20 heavy (non-hydrogen) atoms. The number of carbonyl (C=O) groups is 1. The Morgan fingerprint density at radius 1 is 1.20 bits per heavy atom. The number of ether oxygens (including phenoxy) is 1. The Morgan fingerprint density at radius 2 is 2.05 bits per heavy atom. The molecule has 0 amide bonds. The van der Waals surface area contributed by atoms with Crippen molar-refractivity contribution in [2.45, 2.75) is 6.54 Å². The number of hydrogen-bond donors (Lipinski definition) is 1. The Labute approximate surface area is 118 Å². The van der Waals surface area contributed by atoms with Crippen molar-refractivity contribution in [2.24, 2.45) is 0 Å². The number of furan rings is 1. The van der Waals surface area contributed by atoms with Crippen LogP contribution in [0.15, 0.2) is 59.2 Å². The van der Waals surface area contributed by atoms with E-state index in [2.05, 4.69) is 5.32 Å². The van der Waals surface area contributed by atoms with Crippen LogP contribution in [0.2, 0.25) is 0 Å². The fourth-order valence-corrected chi connectivity index (χ4v) is 1.64. The van der Waals surface area contributed by atoms with Crippen LogP contribution in [0.25, 0.3) is 6.08 Å². The zero-order valence-electron chi connectivity index (χ0n) is 11.1. The van der Waals surface area contributed by atoms with Crippen molar-refractivity contribution in [2.75, 3.05) is 13.2 Å². The van der Waals surface area contributed by atoms with E-state index >= 15 is 0 Å². The molecule has 1 N–H and O–H groups in total. The molecule has 0 spiro atoms. The lowest BCUT2D eigenvalue weighted by molar-refractivity contribution is -0.137. The van der Waals surface area contributed by atoms with E-state index in [0.717, 1.165) is 6.54 Å². The monoisotopic (exact) mass is 271 g/mol. The van der Waals surface area contributed by atoms with Gasteiger partial charge in [-0.2, -0.15) is 0 Å². The molecule has 4 nitrogen and oxygen atoms in total. The van der Waals surface area contributed by atoms with Gasteiger partial charge in [-0.05, 0) is 23.8 Å². The summed E-state index contributed by atoms with van der Waals surface area (Å²) in [5, 5.41) is 3.21. The van der Waals surface area contributed by atoms with Gasteiger partial charge >= 0.3 is 5.97 Å². The van der Waals surface area contributed by atoms with Gasteiger partial charge in [0, 0.05) is 19.2 Å². The highest BCUT2D eigenvalue weighted by Gasteiger charge is 1.97. The Kier molecular flexibility index (Phi) is 5.61. The standard InChI is InChI=1S/C16H17NO3/c18-16(9-8-15-7-4-11-19-15)20-12-10-17-13-14-5-2-1-3-6-14/h1-9,11,17H,10,12-13H2/b9-8+. The fourth-order valence-electron chi connectivity index (χ4n) is 1.64. The second-order valence-electron chi connectivity index (χ2n) is 4.18. The van der Waals surface area contributed by atoms with Crippen LogP contribution in [0.5, 0.6) is 0 Å². The Balaban J connectivity index is 1.58. The minimum atomic E-state index is -0.372. The van der Waals surface area contributed by atoms with Crippen LogP contribution in [-0.4, -0.2) is 19.1 Å². The molecule has 104 valence electrons. The van der Waals surface area contributed by atoms with Crippen LogP contribution >= 0.6 is 0 Å². The van der Waals surface area contributed by atoms with E-state index in [9.17, 15) is 4.79 Å². The lowest BCUT2D eigenvalue weighted by Gasteiger charge is -2.05. The number of nitrogens with one attached hydrogen (secondary N) is 1. The predicted molar refractivity (Wildman–Crippen MR) is 76.8 cm³/mol. The Bertz CT molecular complexity index is 532. The molecule has 1 aromatic carbocycles. The highest BCUT2D eigenvalue weighted by Crippen LogP contribution is 2.02. The number of esters is 1. The third kappa shape index (κ3) is 5.12. The second-order valence-corrected chi connectivity index (χ2v) is 4.18. The molecule has 1 heterocycles. The van der Waals surface area contributed by atoms with Gasteiger partial charge in [0.05, 0.1) is 6.26 Å². The molecular weight excluding hydrogens is 254 g/mol. The topological polar surface area (TPSA) is 51.5 Å². The maximum Gasteiger partial charge on any atom is 0.330 e. The third-order valence-electron chi connectivity index (χ3n) is 2.62. The molecule has 0 fully saturated rings. The van der Waals surface area contributed by atoms with E-state index in [1.54, 1.807) is 24.5 Å². The molecule has 0 bridgehead atoms. The van der Waals surface area contributed by atoms with Crippen molar-refractivity contribution in [3.8, 4) is 0 Å². The van der Waals surface area contributed by atoms with Crippen LogP contribution in [0.1, 0.15) is 11.3 Å². The lowest BCUT2D eigenvalue weighted by Crippen LogP contribution is -2.20. The molecule has 0 unspecified atom stereocenters. The first-order valence-corrected chi connectivity index (χ1v) is 6.47. The Morgan fingerprint density at radius 3 is 2.80 bits per heavy atom. The molecule has 0 atom stereocenters. The maximum atomic E-state index is 11.4. The van der Waals surface area contributed by atoms with Crippen molar-refractivity contribution >= 4 is 12.0 Å². The van der Waals surface area contributed by atoms with Crippen molar-refractivity contribution in [3.05, 3.63) is 66.1 Å². The summed E-state index contributed by atoms with van der Waals surface area (Å²) in [5.74, 6) is 0.257. The van der Waals surface area contributed by atoms with E-state index in [-0.39, 0.29) is 5.97 Å². The summed E-state index contributed by atoms with van der Waals surface area (Å²) in [7, 11) is 0. The quantitative estimate of drug-likeness (QED) is 0.478. The highest BCUT2D eigenvalue weighted by atomic mass is 16.5. The summed E-state index contributed by atoms with van der Waals surface area (Å²) in [6, 6.07) is 13.6. The van der Waals surface area contributed by atoms with Gasteiger partial charge in [-0.1, -0.05) is 30.3 Å². The fraction of sp³-hybridized carbons (Fsp3) is 0.188. The van der Waals surface area contributed by atoms with Crippen molar-refractivity contribution in [1.82, 2.24) is 5.32 Å². The first-order valence-electron chi connectivity index (χ1n) is 6.47. The lowest BCUT2D eigenvalue weighted by atomic mass is 10.2.